The fraction of sp³-hybridized carbons (Fsp3) is 0.0714. The summed E-state index contributed by atoms with van der Waals surface area (Å²) in [5.74, 6) is -1.41. The minimum Gasteiger partial charge on any atom is -0.478 e. The number of nitrogens with zero attached hydrogens (tertiary/aromatic N) is 1. The molecule has 1 heterocycles. The summed E-state index contributed by atoms with van der Waals surface area (Å²) < 4.78 is 0. The van der Waals surface area contributed by atoms with E-state index in [-0.39, 0.29) is 17.8 Å². The first-order valence-corrected chi connectivity index (χ1v) is 5.89. The molecule has 0 spiro atoms. The minimum atomic E-state index is -1.01. The summed E-state index contributed by atoms with van der Waals surface area (Å²) in [6.07, 6.45) is 1.48. The molecule has 0 fully saturated rings. The normalized spacial score (nSPS) is 10.0. The smallest absolute Gasteiger partial charge is 0.335 e. The van der Waals surface area contributed by atoms with E-state index in [1.54, 1.807) is 24.3 Å². The molecule has 2 rings (SSSR count). The lowest BCUT2D eigenvalue weighted by Crippen LogP contribution is -2.24. The van der Waals surface area contributed by atoms with Crippen molar-refractivity contribution in [2.45, 2.75) is 6.54 Å². The Balaban J connectivity index is 2.06. The molecular formula is C14H13N3O3. The first-order valence-electron chi connectivity index (χ1n) is 5.89. The van der Waals surface area contributed by atoms with Crippen LogP contribution >= 0.6 is 0 Å². The fourth-order valence-corrected chi connectivity index (χ4v) is 1.69. The molecule has 6 nitrogen and oxygen atoms in total. The number of benzene rings is 1. The van der Waals surface area contributed by atoms with E-state index in [2.05, 4.69) is 10.3 Å². The van der Waals surface area contributed by atoms with Crippen LogP contribution < -0.4 is 11.1 Å². The molecule has 4 N–H and O–H groups in total. The van der Waals surface area contributed by atoms with Gasteiger partial charge in [0.05, 0.1) is 11.3 Å². The number of rotatable bonds is 4. The number of hydrogen-bond acceptors (Lipinski definition) is 4. The summed E-state index contributed by atoms with van der Waals surface area (Å²) in [6, 6.07) is 9.58. The summed E-state index contributed by atoms with van der Waals surface area (Å²) in [4.78, 5) is 26.6. The molecule has 0 aliphatic rings. The van der Waals surface area contributed by atoms with Crippen molar-refractivity contribution in [1.29, 1.82) is 0 Å². The number of anilines is 1. The van der Waals surface area contributed by atoms with Gasteiger partial charge in [-0.05, 0) is 29.8 Å². The van der Waals surface area contributed by atoms with Crippen molar-refractivity contribution in [1.82, 2.24) is 10.3 Å². The van der Waals surface area contributed by atoms with Gasteiger partial charge in [0.1, 0.15) is 0 Å². The van der Waals surface area contributed by atoms with Crippen LogP contribution in [0, 0.1) is 0 Å². The lowest BCUT2D eigenvalue weighted by atomic mass is 10.1. The van der Waals surface area contributed by atoms with Crippen LogP contribution in [0.5, 0.6) is 0 Å². The van der Waals surface area contributed by atoms with Crippen molar-refractivity contribution in [3.63, 3.8) is 0 Å². The van der Waals surface area contributed by atoms with Gasteiger partial charge < -0.3 is 16.2 Å². The topological polar surface area (TPSA) is 105 Å². The molecule has 0 atom stereocenters. The number of aromatic nitrogens is 1. The van der Waals surface area contributed by atoms with Crippen LogP contribution in [0.1, 0.15) is 26.4 Å². The van der Waals surface area contributed by atoms with E-state index in [1.807, 2.05) is 0 Å². The Morgan fingerprint density at radius 2 is 2.05 bits per heavy atom. The molecular weight excluding hydrogens is 258 g/mol. The first-order chi connectivity index (χ1) is 9.58. The zero-order valence-electron chi connectivity index (χ0n) is 10.5. The summed E-state index contributed by atoms with van der Waals surface area (Å²) in [5, 5.41) is 11.5. The Hall–Kier alpha value is -2.89. The van der Waals surface area contributed by atoms with Gasteiger partial charge in [0, 0.05) is 12.7 Å². The monoisotopic (exact) mass is 271 g/mol. The number of carbonyl (C=O) groups is 2. The third-order valence-corrected chi connectivity index (χ3v) is 2.68. The van der Waals surface area contributed by atoms with Crippen LogP contribution in [0.15, 0.2) is 42.6 Å². The minimum absolute atomic E-state index is 0.155. The molecule has 1 aromatic heterocycles. The van der Waals surface area contributed by atoms with Gasteiger partial charge >= 0.3 is 5.97 Å². The van der Waals surface area contributed by atoms with Crippen LogP contribution in [0.4, 0.5) is 5.69 Å². The molecule has 0 aliphatic heterocycles. The molecule has 1 aromatic carbocycles. The molecule has 1 amide bonds. The van der Waals surface area contributed by atoms with Gasteiger partial charge in [0.2, 0.25) is 0 Å². The quantitative estimate of drug-likeness (QED) is 0.777. The van der Waals surface area contributed by atoms with Gasteiger partial charge in [-0.25, -0.2) is 9.78 Å². The second-order valence-electron chi connectivity index (χ2n) is 4.13. The molecule has 0 aliphatic carbocycles. The van der Waals surface area contributed by atoms with E-state index in [9.17, 15) is 9.59 Å². The van der Waals surface area contributed by atoms with Gasteiger partial charge in [-0.3, -0.25) is 4.79 Å². The Morgan fingerprint density at radius 3 is 2.75 bits per heavy atom. The number of nitrogens with one attached hydrogen (secondary N) is 1. The Kier molecular flexibility index (Phi) is 3.95. The standard InChI is InChI=1S/C14H13N3O3/c15-11-5-2-6-16-12(11)13(18)17-8-9-3-1-4-10(7-9)14(19)20/h1-7H,8,15H2,(H,17,18)(H,19,20). The van der Waals surface area contributed by atoms with E-state index in [0.29, 0.717) is 11.3 Å². The molecule has 0 saturated carbocycles. The third kappa shape index (κ3) is 3.11. The zero-order valence-corrected chi connectivity index (χ0v) is 10.5. The van der Waals surface area contributed by atoms with Crippen LogP contribution in [0.3, 0.4) is 0 Å². The number of hydrogen-bond donors (Lipinski definition) is 3. The van der Waals surface area contributed by atoms with Gasteiger partial charge in [-0.2, -0.15) is 0 Å². The van der Waals surface area contributed by atoms with Crippen LogP contribution in [0.25, 0.3) is 0 Å². The molecule has 0 bridgehead atoms. The highest BCUT2D eigenvalue weighted by atomic mass is 16.4. The number of nitrogens with two attached hydrogens (primary N) is 1. The van der Waals surface area contributed by atoms with E-state index in [4.69, 9.17) is 10.8 Å². The number of carbonyl (C=O) groups excluding carboxylic acids is 1. The SMILES string of the molecule is Nc1cccnc1C(=O)NCc1cccc(C(=O)O)c1. The number of nitrogen functional groups attached to an aromatic ring is 1. The summed E-state index contributed by atoms with van der Waals surface area (Å²) >= 11 is 0. The summed E-state index contributed by atoms with van der Waals surface area (Å²) in [6.45, 7) is 0.204. The molecule has 0 saturated heterocycles. The van der Waals surface area contributed by atoms with Crippen molar-refractivity contribution in [3.05, 3.63) is 59.4 Å². The van der Waals surface area contributed by atoms with Crippen molar-refractivity contribution in [2.24, 2.45) is 0 Å². The fourth-order valence-electron chi connectivity index (χ4n) is 1.69. The van der Waals surface area contributed by atoms with E-state index in [1.165, 1.54) is 18.3 Å². The predicted octanol–water partition coefficient (Wildman–Crippen LogP) is 1.29. The lowest BCUT2D eigenvalue weighted by molar-refractivity contribution is 0.0696. The van der Waals surface area contributed by atoms with E-state index in [0.717, 1.165) is 0 Å². The zero-order chi connectivity index (χ0) is 14.5. The van der Waals surface area contributed by atoms with Gasteiger partial charge in [0.25, 0.3) is 5.91 Å². The van der Waals surface area contributed by atoms with Crippen molar-refractivity contribution in [3.8, 4) is 0 Å². The highest BCUT2D eigenvalue weighted by Crippen LogP contribution is 2.08. The average Bonchev–Trinajstić information content (AvgIpc) is 2.45. The van der Waals surface area contributed by atoms with Crippen molar-refractivity contribution >= 4 is 17.6 Å². The molecule has 2 aromatic rings. The van der Waals surface area contributed by atoms with Crippen molar-refractivity contribution < 1.29 is 14.7 Å². The molecule has 102 valence electrons. The maximum absolute atomic E-state index is 11.9. The van der Waals surface area contributed by atoms with Crippen molar-refractivity contribution in [2.75, 3.05) is 5.73 Å². The number of amides is 1. The Morgan fingerprint density at radius 1 is 1.25 bits per heavy atom. The number of aromatic carboxylic acids is 1. The largest absolute Gasteiger partial charge is 0.478 e. The Bertz CT molecular complexity index is 656. The van der Waals surface area contributed by atoms with Gasteiger partial charge in [-0.15, -0.1) is 0 Å². The van der Waals surface area contributed by atoms with Gasteiger partial charge in [-0.1, -0.05) is 12.1 Å². The van der Waals surface area contributed by atoms with Crippen LogP contribution in [-0.4, -0.2) is 22.0 Å². The van der Waals surface area contributed by atoms with Gasteiger partial charge in [0.15, 0.2) is 5.69 Å². The molecule has 20 heavy (non-hydrogen) atoms. The third-order valence-electron chi connectivity index (χ3n) is 2.68. The Labute approximate surface area is 115 Å². The second-order valence-corrected chi connectivity index (χ2v) is 4.13. The lowest BCUT2D eigenvalue weighted by Gasteiger charge is -2.07. The van der Waals surface area contributed by atoms with E-state index < -0.39 is 11.9 Å². The van der Waals surface area contributed by atoms with Crippen LogP contribution in [0.2, 0.25) is 0 Å². The molecule has 0 radical (unpaired) electrons. The second kappa shape index (κ2) is 5.83. The first kappa shape index (κ1) is 13.5. The summed E-state index contributed by atoms with van der Waals surface area (Å²) in [5.41, 5.74) is 6.97. The maximum atomic E-state index is 11.9. The molecule has 0 unspecified atom stereocenters. The summed E-state index contributed by atoms with van der Waals surface area (Å²) in [7, 11) is 0. The van der Waals surface area contributed by atoms with Crippen LogP contribution in [-0.2, 0) is 6.54 Å². The average molecular weight is 271 g/mol. The number of pyridine rings is 1. The van der Waals surface area contributed by atoms with E-state index >= 15 is 0 Å². The highest BCUT2D eigenvalue weighted by Gasteiger charge is 2.10. The molecule has 6 heteroatoms. The maximum Gasteiger partial charge on any atom is 0.335 e. The highest BCUT2D eigenvalue weighted by molar-refractivity contribution is 5.97. The number of carboxylic acid groups (broad SMARTS) is 1. The predicted molar refractivity (Wildman–Crippen MR) is 73.2 cm³/mol. The number of carboxylic acids is 1.